The molecule has 8 heteroatoms. The molecule has 0 radical (unpaired) electrons. The Morgan fingerprint density at radius 2 is 2.22 bits per heavy atom. The van der Waals surface area contributed by atoms with Gasteiger partial charge in [-0.3, -0.25) is 14.2 Å². The van der Waals surface area contributed by atoms with Crippen molar-refractivity contribution in [2.45, 2.75) is 30.8 Å². The van der Waals surface area contributed by atoms with E-state index in [9.17, 15) is 9.59 Å². The van der Waals surface area contributed by atoms with Crippen molar-refractivity contribution in [3.8, 4) is 0 Å². The zero-order chi connectivity index (χ0) is 16.4. The molecule has 2 N–H and O–H groups in total. The third-order valence-electron chi connectivity index (χ3n) is 3.92. The molecule has 6 nitrogen and oxygen atoms in total. The molecule has 3 rings (SSSR count). The summed E-state index contributed by atoms with van der Waals surface area (Å²) in [6.45, 7) is 0.155. The summed E-state index contributed by atoms with van der Waals surface area (Å²) in [4.78, 5) is 31.0. The number of carbonyl (C=O) groups excluding carboxylic acids is 1. The Bertz CT molecular complexity index is 797. The van der Waals surface area contributed by atoms with E-state index in [0.29, 0.717) is 5.16 Å². The van der Waals surface area contributed by atoms with E-state index in [0.717, 1.165) is 29.5 Å². The summed E-state index contributed by atoms with van der Waals surface area (Å²) in [6.07, 6.45) is 4.30. The number of thioether (sulfide) groups is 1. The molecular weight excluding hydrogens is 334 g/mol. The zero-order valence-corrected chi connectivity index (χ0v) is 14.6. The summed E-state index contributed by atoms with van der Waals surface area (Å²) < 4.78 is 1.54. The highest BCUT2D eigenvalue weighted by atomic mass is 32.2. The van der Waals surface area contributed by atoms with Crippen LogP contribution in [-0.4, -0.2) is 39.5 Å². The molecule has 0 bridgehead atoms. The largest absolute Gasteiger partial charge is 0.395 e. The molecule has 0 spiro atoms. The smallest absolute Gasteiger partial charge is 0.262 e. The number of rotatable bonds is 5. The van der Waals surface area contributed by atoms with Crippen molar-refractivity contribution in [1.82, 2.24) is 14.9 Å². The van der Waals surface area contributed by atoms with Crippen LogP contribution in [0.5, 0.6) is 0 Å². The predicted octanol–water partition coefficient (Wildman–Crippen LogP) is 1.07. The Morgan fingerprint density at radius 3 is 3.00 bits per heavy atom. The van der Waals surface area contributed by atoms with Gasteiger partial charge in [-0.2, -0.15) is 0 Å². The summed E-state index contributed by atoms with van der Waals surface area (Å²) in [7, 11) is 1.70. The maximum atomic E-state index is 12.7. The van der Waals surface area contributed by atoms with Crippen molar-refractivity contribution in [3.63, 3.8) is 0 Å². The molecule has 2 aromatic heterocycles. The number of hydrogen-bond donors (Lipinski definition) is 2. The molecule has 0 aromatic carbocycles. The third kappa shape index (κ3) is 3.29. The molecule has 0 fully saturated rings. The van der Waals surface area contributed by atoms with Crippen LogP contribution in [0, 0.1) is 0 Å². The molecule has 0 aliphatic heterocycles. The minimum atomic E-state index is -0.177. The van der Waals surface area contributed by atoms with Gasteiger partial charge in [-0.1, -0.05) is 11.8 Å². The van der Waals surface area contributed by atoms with Gasteiger partial charge in [0, 0.05) is 18.5 Å². The van der Waals surface area contributed by atoms with Crippen LogP contribution in [0.2, 0.25) is 0 Å². The molecule has 0 saturated heterocycles. The molecule has 124 valence electrons. The minimum absolute atomic E-state index is 0.0207. The number of aliphatic hydroxyl groups excluding tert-OH is 1. The topological polar surface area (TPSA) is 84.2 Å². The van der Waals surface area contributed by atoms with E-state index in [2.05, 4.69) is 10.3 Å². The van der Waals surface area contributed by atoms with Crippen molar-refractivity contribution in [1.29, 1.82) is 0 Å². The minimum Gasteiger partial charge on any atom is -0.395 e. The highest BCUT2D eigenvalue weighted by Gasteiger charge is 2.21. The lowest BCUT2D eigenvalue weighted by atomic mass is 9.97. The summed E-state index contributed by atoms with van der Waals surface area (Å²) in [5.41, 5.74) is 1.16. The molecule has 23 heavy (non-hydrogen) atoms. The molecule has 1 aliphatic carbocycles. The van der Waals surface area contributed by atoms with Gasteiger partial charge in [-0.15, -0.1) is 11.3 Å². The van der Waals surface area contributed by atoms with E-state index >= 15 is 0 Å². The number of aromatic nitrogens is 2. The van der Waals surface area contributed by atoms with E-state index in [-0.39, 0.29) is 30.4 Å². The van der Waals surface area contributed by atoms with E-state index in [4.69, 9.17) is 5.11 Å². The average molecular weight is 353 g/mol. The number of nitrogens with one attached hydrogen (secondary N) is 1. The van der Waals surface area contributed by atoms with Crippen LogP contribution in [0.3, 0.4) is 0 Å². The van der Waals surface area contributed by atoms with Gasteiger partial charge in [0.1, 0.15) is 4.83 Å². The first-order valence-corrected chi connectivity index (χ1v) is 9.43. The fraction of sp³-hybridized carbons (Fsp3) is 0.533. The lowest BCUT2D eigenvalue weighted by Crippen LogP contribution is -2.28. The third-order valence-corrected chi connectivity index (χ3v) is 6.14. The number of amides is 1. The van der Waals surface area contributed by atoms with Gasteiger partial charge in [-0.05, 0) is 31.2 Å². The molecule has 0 atom stereocenters. The first-order chi connectivity index (χ1) is 11.1. The molecule has 2 heterocycles. The molecule has 1 amide bonds. The van der Waals surface area contributed by atoms with Gasteiger partial charge in [0.2, 0.25) is 5.91 Å². The van der Waals surface area contributed by atoms with Gasteiger partial charge < -0.3 is 10.4 Å². The summed E-state index contributed by atoms with van der Waals surface area (Å²) in [5, 5.41) is 12.6. The maximum absolute atomic E-state index is 12.7. The summed E-state index contributed by atoms with van der Waals surface area (Å²) in [6, 6.07) is 0. The van der Waals surface area contributed by atoms with Gasteiger partial charge >= 0.3 is 0 Å². The fourth-order valence-electron chi connectivity index (χ4n) is 2.77. The quantitative estimate of drug-likeness (QED) is 0.621. The van der Waals surface area contributed by atoms with E-state index in [1.807, 2.05) is 0 Å². The van der Waals surface area contributed by atoms with Crippen molar-refractivity contribution < 1.29 is 9.90 Å². The van der Waals surface area contributed by atoms with E-state index in [1.165, 1.54) is 33.2 Å². The first-order valence-electron chi connectivity index (χ1n) is 7.63. The van der Waals surface area contributed by atoms with Gasteiger partial charge in [0.25, 0.3) is 5.56 Å². The van der Waals surface area contributed by atoms with Gasteiger partial charge in [0.05, 0.1) is 17.7 Å². The van der Waals surface area contributed by atoms with Gasteiger partial charge in [-0.25, -0.2) is 4.98 Å². The maximum Gasteiger partial charge on any atom is 0.262 e. The summed E-state index contributed by atoms with van der Waals surface area (Å²) >= 11 is 2.86. The Morgan fingerprint density at radius 1 is 1.43 bits per heavy atom. The number of aliphatic hydroxyl groups is 1. The Hall–Kier alpha value is -1.38. The monoisotopic (exact) mass is 353 g/mol. The first kappa shape index (κ1) is 16.5. The number of nitrogens with zero attached hydrogens (tertiary/aromatic N) is 2. The molecule has 2 aromatic rings. The van der Waals surface area contributed by atoms with Crippen LogP contribution in [-0.2, 0) is 24.7 Å². The molecule has 0 saturated carbocycles. The van der Waals surface area contributed by atoms with Crippen molar-refractivity contribution in [2.24, 2.45) is 7.05 Å². The fourth-order valence-corrected chi connectivity index (χ4v) is 4.88. The van der Waals surface area contributed by atoms with Crippen LogP contribution in [0.1, 0.15) is 23.3 Å². The normalized spacial score (nSPS) is 14.0. The van der Waals surface area contributed by atoms with Gasteiger partial charge in [0.15, 0.2) is 5.16 Å². The zero-order valence-electron chi connectivity index (χ0n) is 12.9. The SMILES string of the molecule is Cn1c(SCC(=O)NCCO)nc2sc3c(c2c1=O)CCCC3. The van der Waals surface area contributed by atoms with Crippen molar-refractivity contribution in [2.75, 3.05) is 18.9 Å². The van der Waals surface area contributed by atoms with Crippen molar-refractivity contribution >= 4 is 39.2 Å². The van der Waals surface area contributed by atoms with Crippen LogP contribution >= 0.6 is 23.1 Å². The lowest BCUT2D eigenvalue weighted by molar-refractivity contribution is -0.118. The second-order valence-electron chi connectivity index (χ2n) is 5.51. The number of fused-ring (bicyclic) bond motifs is 3. The Balaban J connectivity index is 1.89. The van der Waals surface area contributed by atoms with Crippen molar-refractivity contribution in [3.05, 3.63) is 20.8 Å². The number of thiophene rings is 1. The number of hydrogen-bond acceptors (Lipinski definition) is 6. The van der Waals surface area contributed by atoms with E-state index < -0.39 is 0 Å². The highest BCUT2D eigenvalue weighted by Crippen LogP contribution is 2.34. The number of aryl methyl sites for hydroxylation is 2. The van der Waals surface area contributed by atoms with E-state index in [1.54, 1.807) is 18.4 Å². The van der Waals surface area contributed by atoms with Crippen LogP contribution in [0.25, 0.3) is 10.2 Å². The number of carbonyl (C=O) groups is 1. The molecular formula is C15H19N3O3S2. The lowest BCUT2D eigenvalue weighted by Gasteiger charge is -2.10. The Labute approximate surface area is 141 Å². The Kier molecular flexibility index (Phi) is 5.03. The standard InChI is InChI=1S/C15H19N3O3S2/c1-18-14(21)12-9-4-2-3-5-10(9)23-13(12)17-15(18)22-8-11(20)16-6-7-19/h19H,2-8H2,1H3,(H,16,20). The summed E-state index contributed by atoms with van der Waals surface area (Å²) in [5.74, 6) is 0.000484. The highest BCUT2D eigenvalue weighted by molar-refractivity contribution is 7.99. The average Bonchev–Trinajstić information content (AvgIpc) is 2.93. The van der Waals surface area contributed by atoms with Crippen LogP contribution < -0.4 is 10.9 Å². The molecule has 0 unspecified atom stereocenters. The van der Waals surface area contributed by atoms with Crippen LogP contribution in [0.4, 0.5) is 0 Å². The van der Waals surface area contributed by atoms with Crippen LogP contribution in [0.15, 0.2) is 9.95 Å². The second kappa shape index (κ2) is 7.02. The second-order valence-corrected chi connectivity index (χ2v) is 7.54. The molecule has 1 aliphatic rings. The predicted molar refractivity (Wildman–Crippen MR) is 92.3 cm³/mol.